The van der Waals surface area contributed by atoms with Crippen LogP contribution >= 0.6 is 0 Å². The highest BCUT2D eigenvalue weighted by Crippen LogP contribution is 2.27. The van der Waals surface area contributed by atoms with Gasteiger partial charge in [-0.25, -0.2) is 0 Å². The smallest absolute Gasteiger partial charge is 0.229 e. The molecule has 1 atom stereocenters. The number of hydrogen-bond donors (Lipinski definition) is 2. The van der Waals surface area contributed by atoms with Gasteiger partial charge in [-0.1, -0.05) is 32.0 Å². The molecule has 0 aliphatic carbocycles. The molecule has 1 heterocycles. The van der Waals surface area contributed by atoms with Crippen LogP contribution in [0.5, 0.6) is 0 Å². The average Bonchev–Trinajstić information content (AvgIpc) is 2.36. The Kier molecular flexibility index (Phi) is 4.25. The molecule has 104 valence electrons. The first-order valence-corrected chi connectivity index (χ1v) is 7.13. The van der Waals surface area contributed by atoms with E-state index in [1.807, 2.05) is 13.8 Å². The first-order chi connectivity index (χ1) is 8.99. The van der Waals surface area contributed by atoms with Gasteiger partial charge in [-0.2, -0.15) is 0 Å². The maximum atomic E-state index is 12.2. The Labute approximate surface area is 115 Å². The van der Waals surface area contributed by atoms with Crippen LogP contribution in [-0.4, -0.2) is 18.5 Å². The van der Waals surface area contributed by atoms with Crippen LogP contribution in [-0.2, 0) is 11.3 Å². The highest BCUT2D eigenvalue weighted by atomic mass is 16.1. The molecular weight excluding hydrogens is 236 g/mol. The van der Waals surface area contributed by atoms with Gasteiger partial charge in [0, 0.05) is 19.1 Å². The second kappa shape index (κ2) is 5.74. The van der Waals surface area contributed by atoms with Gasteiger partial charge in [-0.3, -0.25) is 4.79 Å². The van der Waals surface area contributed by atoms with Crippen molar-refractivity contribution in [1.82, 2.24) is 10.6 Å². The fraction of sp³-hybridized carbons (Fsp3) is 0.562. The van der Waals surface area contributed by atoms with E-state index in [0.29, 0.717) is 5.92 Å². The van der Waals surface area contributed by atoms with E-state index < -0.39 is 0 Å². The van der Waals surface area contributed by atoms with Crippen molar-refractivity contribution in [2.75, 3.05) is 6.54 Å². The first-order valence-electron chi connectivity index (χ1n) is 7.13. The van der Waals surface area contributed by atoms with Crippen LogP contribution in [0.1, 0.15) is 56.2 Å². The third-order valence-electron chi connectivity index (χ3n) is 3.62. The Balaban J connectivity index is 2.27. The van der Waals surface area contributed by atoms with Crippen LogP contribution in [0.4, 0.5) is 0 Å². The Bertz CT molecular complexity index is 466. The summed E-state index contributed by atoms with van der Waals surface area (Å²) in [6.45, 7) is 9.98. The Morgan fingerprint density at radius 2 is 2.05 bits per heavy atom. The van der Waals surface area contributed by atoms with Crippen molar-refractivity contribution in [3.8, 4) is 0 Å². The topological polar surface area (TPSA) is 41.1 Å². The summed E-state index contributed by atoms with van der Waals surface area (Å²) in [5.74, 6) is 0.586. The van der Waals surface area contributed by atoms with Crippen LogP contribution in [0.15, 0.2) is 18.2 Å². The summed E-state index contributed by atoms with van der Waals surface area (Å²) in [4.78, 5) is 12.2. The lowest BCUT2D eigenvalue weighted by atomic mass is 9.87. The molecule has 1 aromatic rings. The summed E-state index contributed by atoms with van der Waals surface area (Å²) < 4.78 is 0. The number of fused-ring (bicyclic) bond motifs is 1. The number of hydrogen-bond acceptors (Lipinski definition) is 2. The summed E-state index contributed by atoms with van der Waals surface area (Å²) in [6, 6.07) is 6.72. The van der Waals surface area contributed by atoms with Gasteiger partial charge < -0.3 is 10.6 Å². The van der Waals surface area contributed by atoms with Crippen molar-refractivity contribution in [1.29, 1.82) is 0 Å². The van der Waals surface area contributed by atoms with E-state index in [2.05, 4.69) is 42.7 Å². The summed E-state index contributed by atoms with van der Waals surface area (Å²) in [5.41, 5.74) is 3.79. The van der Waals surface area contributed by atoms with Crippen molar-refractivity contribution < 1.29 is 4.79 Å². The molecule has 1 amide bonds. The summed E-state index contributed by atoms with van der Waals surface area (Å²) in [6.07, 6.45) is 0. The molecule has 0 spiro atoms. The summed E-state index contributed by atoms with van der Waals surface area (Å²) in [7, 11) is 0. The van der Waals surface area contributed by atoms with Crippen LogP contribution in [0, 0.1) is 0 Å². The molecule has 1 aromatic carbocycles. The molecule has 2 N–H and O–H groups in total. The van der Waals surface area contributed by atoms with Crippen molar-refractivity contribution in [3.05, 3.63) is 34.9 Å². The SMILES string of the molecule is CC(C)NC(=O)C1CNCc2cc(C(C)C)ccc21. The number of nitrogens with one attached hydrogen (secondary N) is 2. The van der Waals surface area contributed by atoms with Gasteiger partial charge in [-0.15, -0.1) is 0 Å². The van der Waals surface area contributed by atoms with E-state index in [1.165, 1.54) is 16.7 Å². The minimum atomic E-state index is -0.0626. The molecule has 0 fully saturated rings. The highest BCUT2D eigenvalue weighted by Gasteiger charge is 2.26. The lowest BCUT2D eigenvalue weighted by molar-refractivity contribution is -0.123. The molecule has 0 aromatic heterocycles. The normalized spacial score (nSPS) is 18.5. The number of rotatable bonds is 3. The molecule has 0 saturated heterocycles. The van der Waals surface area contributed by atoms with Gasteiger partial charge in [0.1, 0.15) is 0 Å². The van der Waals surface area contributed by atoms with Gasteiger partial charge in [0.15, 0.2) is 0 Å². The molecule has 0 saturated carbocycles. The van der Waals surface area contributed by atoms with Gasteiger partial charge in [-0.05, 0) is 36.5 Å². The predicted octanol–water partition coefficient (Wildman–Crippen LogP) is 2.52. The van der Waals surface area contributed by atoms with E-state index in [-0.39, 0.29) is 17.9 Å². The molecule has 0 bridgehead atoms. The Hall–Kier alpha value is -1.35. The lowest BCUT2D eigenvalue weighted by Gasteiger charge is -2.27. The third kappa shape index (κ3) is 3.16. The Morgan fingerprint density at radius 1 is 1.32 bits per heavy atom. The van der Waals surface area contributed by atoms with E-state index in [9.17, 15) is 4.79 Å². The minimum absolute atomic E-state index is 0.0626. The van der Waals surface area contributed by atoms with Gasteiger partial charge in [0.2, 0.25) is 5.91 Å². The zero-order valence-electron chi connectivity index (χ0n) is 12.3. The minimum Gasteiger partial charge on any atom is -0.353 e. The second-order valence-corrected chi connectivity index (χ2v) is 5.96. The van der Waals surface area contributed by atoms with Gasteiger partial charge in [0.25, 0.3) is 0 Å². The Morgan fingerprint density at radius 3 is 2.68 bits per heavy atom. The van der Waals surface area contributed by atoms with E-state index >= 15 is 0 Å². The third-order valence-corrected chi connectivity index (χ3v) is 3.62. The van der Waals surface area contributed by atoms with E-state index in [1.54, 1.807) is 0 Å². The molecule has 1 aliphatic heterocycles. The fourth-order valence-electron chi connectivity index (χ4n) is 2.56. The molecule has 1 unspecified atom stereocenters. The molecule has 1 aliphatic rings. The van der Waals surface area contributed by atoms with Crippen LogP contribution in [0.3, 0.4) is 0 Å². The van der Waals surface area contributed by atoms with Gasteiger partial charge in [0.05, 0.1) is 5.92 Å². The van der Waals surface area contributed by atoms with Crippen LogP contribution in [0.2, 0.25) is 0 Å². The second-order valence-electron chi connectivity index (χ2n) is 5.96. The lowest BCUT2D eigenvalue weighted by Crippen LogP contribution is -2.41. The number of carbonyl (C=O) groups excluding carboxylic acids is 1. The monoisotopic (exact) mass is 260 g/mol. The van der Waals surface area contributed by atoms with Crippen molar-refractivity contribution in [3.63, 3.8) is 0 Å². The van der Waals surface area contributed by atoms with E-state index in [0.717, 1.165) is 13.1 Å². The molecule has 0 radical (unpaired) electrons. The number of carbonyl (C=O) groups is 1. The molecule has 2 rings (SSSR count). The fourth-order valence-corrected chi connectivity index (χ4v) is 2.56. The quantitative estimate of drug-likeness (QED) is 0.877. The predicted molar refractivity (Wildman–Crippen MR) is 78.3 cm³/mol. The summed E-state index contributed by atoms with van der Waals surface area (Å²) in [5, 5.41) is 6.36. The van der Waals surface area contributed by atoms with Gasteiger partial charge >= 0.3 is 0 Å². The molecule has 19 heavy (non-hydrogen) atoms. The number of amides is 1. The largest absolute Gasteiger partial charge is 0.353 e. The zero-order valence-corrected chi connectivity index (χ0v) is 12.3. The molecule has 3 heteroatoms. The first kappa shape index (κ1) is 14.1. The molecule has 3 nitrogen and oxygen atoms in total. The van der Waals surface area contributed by atoms with Crippen LogP contribution in [0.25, 0.3) is 0 Å². The summed E-state index contributed by atoms with van der Waals surface area (Å²) >= 11 is 0. The number of benzene rings is 1. The van der Waals surface area contributed by atoms with Crippen LogP contribution < -0.4 is 10.6 Å². The standard InChI is InChI=1S/C16H24N2O/c1-10(2)12-5-6-14-13(7-12)8-17-9-15(14)16(19)18-11(3)4/h5-7,10-11,15,17H,8-9H2,1-4H3,(H,18,19). The highest BCUT2D eigenvalue weighted by molar-refractivity contribution is 5.84. The maximum absolute atomic E-state index is 12.2. The molecular formula is C16H24N2O. The van der Waals surface area contributed by atoms with Crippen molar-refractivity contribution >= 4 is 5.91 Å². The van der Waals surface area contributed by atoms with Crippen molar-refractivity contribution in [2.45, 2.75) is 52.1 Å². The van der Waals surface area contributed by atoms with Crippen molar-refractivity contribution in [2.24, 2.45) is 0 Å². The van der Waals surface area contributed by atoms with E-state index in [4.69, 9.17) is 0 Å². The average molecular weight is 260 g/mol. The maximum Gasteiger partial charge on any atom is 0.229 e. The zero-order chi connectivity index (χ0) is 14.0.